The molecule has 0 saturated carbocycles. The minimum Gasteiger partial charge on any atom is -0.297 e. The number of hydrogen-bond donors (Lipinski definition) is 2. The van der Waals surface area contributed by atoms with E-state index in [0.29, 0.717) is 20.0 Å². The van der Waals surface area contributed by atoms with Crippen molar-refractivity contribution < 1.29 is 9.59 Å². The second-order valence-corrected chi connectivity index (χ2v) is 14.6. The molecule has 5 aromatic rings. The molecule has 41 heavy (non-hydrogen) atoms. The molecule has 0 unspecified atom stereocenters. The van der Waals surface area contributed by atoms with Crippen LogP contribution in [0.1, 0.15) is 72.0 Å². The van der Waals surface area contributed by atoms with Gasteiger partial charge in [0.2, 0.25) is 0 Å². The van der Waals surface area contributed by atoms with Crippen molar-refractivity contribution in [3.05, 3.63) is 92.3 Å². The molecule has 9 heteroatoms. The molecule has 210 valence electrons. The van der Waals surface area contributed by atoms with Gasteiger partial charge in [-0.1, -0.05) is 90.1 Å². The third-order valence-electron chi connectivity index (χ3n) is 6.60. The first-order valence-electron chi connectivity index (χ1n) is 13.2. The number of thiophene rings is 1. The van der Waals surface area contributed by atoms with Crippen LogP contribution in [0.2, 0.25) is 0 Å². The molecule has 2 aromatic carbocycles. The van der Waals surface area contributed by atoms with Crippen molar-refractivity contribution in [1.82, 2.24) is 9.97 Å². The van der Waals surface area contributed by atoms with Crippen LogP contribution in [0.4, 0.5) is 10.3 Å². The van der Waals surface area contributed by atoms with Crippen LogP contribution in [-0.2, 0) is 10.8 Å². The third kappa shape index (κ3) is 6.81. The number of benzene rings is 2. The molecule has 0 saturated heterocycles. The monoisotopic (exact) mass is 600 g/mol. The summed E-state index contributed by atoms with van der Waals surface area (Å²) in [6.45, 7) is 13.1. The van der Waals surface area contributed by atoms with Gasteiger partial charge in [0.1, 0.15) is 0 Å². The third-order valence-corrected chi connectivity index (χ3v) is 9.19. The fourth-order valence-corrected chi connectivity index (χ4v) is 6.33. The van der Waals surface area contributed by atoms with E-state index in [9.17, 15) is 9.59 Å². The molecule has 6 nitrogen and oxygen atoms in total. The average molecular weight is 601 g/mol. The Morgan fingerprint density at radius 3 is 1.29 bits per heavy atom. The van der Waals surface area contributed by atoms with Gasteiger partial charge in [-0.05, 0) is 34.1 Å². The number of carbonyl (C=O) groups excluding carboxylic acids is 2. The van der Waals surface area contributed by atoms with Crippen molar-refractivity contribution in [2.75, 3.05) is 10.6 Å². The highest BCUT2D eigenvalue weighted by Gasteiger charge is 2.18. The Kier molecular flexibility index (Phi) is 7.96. The topological polar surface area (TPSA) is 84.0 Å². The van der Waals surface area contributed by atoms with Crippen molar-refractivity contribution >= 4 is 56.1 Å². The van der Waals surface area contributed by atoms with Gasteiger partial charge >= 0.3 is 0 Å². The summed E-state index contributed by atoms with van der Waals surface area (Å²) in [6, 6.07) is 20.0. The predicted octanol–water partition coefficient (Wildman–Crippen LogP) is 9.09. The Bertz CT molecular complexity index is 1560. The van der Waals surface area contributed by atoms with E-state index in [1.165, 1.54) is 33.8 Å². The normalized spacial score (nSPS) is 11.9. The van der Waals surface area contributed by atoms with Crippen molar-refractivity contribution in [3.8, 4) is 22.5 Å². The first-order valence-corrected chi connectivity index (χ1v) is 15.8. The number of thiazole rings is 2. The Morgan fingerprint density at radius 1 is 0.585 bits per heavy atom. The van der Waals surface area contributed by atoms with Gasteiger partial charge in [-0.15, -0.1) is 34.0 Å². The zero-order valence-corrected chi connectivity index (χ0v) is 26.3. The highest BCUT2D eigenvalue weighted by atomic mass is 32.1. The predicted molar refractivity (Wildman–Crippen MR) is 173 cm³/mol. The summed E-state index contributed by atoms with van der Waals surface area (Å²) in [5, 5.41) is 10.6. The zero-order valence-electron chi connectivity index (χ0n) is 23.9. The first-order chi connectivity index (χ1) is 19.4. The molecule has 5 rings (SSSR count). The van der Waals surface area contributed by atoms with Gasteiger partial charge in [0, 0.05) is 21.9 Å². The van der Waals surface area contributed by atoms with Gasteiger partial charge in [0.05, 0.1) is 21.1 Å². The molecular formula is C32H32N4O2S3. The summed E-state index contributed by atoms with van der Waals surface area (Å²) < 4.78 is 0. The Balaban J connectivity index is 1.20. The zero-order chi connectivity index (χ0) is 29.4. The highest BCUT2D eigenvalue weighted by molar-refractivity contribution is 7.17. The average Bonchev–Trinajstić information content (AvgIpc) is 3.69. The van der Waals surface area contributed by atoms with E-state index in [2.05, 4.69) is 111 Å². The van der Waals surface area contributed by atoms with E-state index < -0.39 is 0 Å². The molecule has 0 aliphatic carbocycles. The fraction of sp³-hybridized carbons (Fsp3) is 0.250. The molecule has 0 aliphatic heterocycles. The molecule has 0 aliphatic rings. The van der Waals surface area contributed by atoms with Crippen molar-refractivity contribution in [3.63, 3.8) is 0 Å². The van der Waals surface area contributed by atoms with Gasteiger partial charge < -0.3 is 0 Å². The number of carbonyl (C=O) groups is 2. The number of hydrogen-bond acceptors (Lipinski definition) is 7. The highest BCUT2D eigenvalue weighted by Crippen LogP contribution is 2.31. The van der Waals surface area contributed by atoms with Crippen molar-refractivity contribution in [1.29, 1.82) is 0 Å². The fourth-order valence-electron chi connectivity index (χ4n) is 4.11. The lowest BCUT2D eigenvalue weighted by Crippen LogP contribution is -2.11. The molecule has 0 bridgehead atoms. The smallest absolute Gasteiger partial charge is 0.267 e. The number of aromatic nitrogens is 2. The molecule has 2 N–H and O–H groups in total. The van der Waals surface area contributed by atoms with E-state index >= 15 is 0 Å². The largest absolute Gasteiger partial charge is 0.297 e. The van der Waals surface area contributed by atoms with E-state index in [0.717, 1.165) is 33.9 Å². The molecular weight excluding hydrogens is 569 g/mol. The van der Waals surface area contributed by atoms with Crippen LogP contribution < -0.4 is 10.6 Å². The summed E-state index contributed by atoms with van der Waals surface area (Å²) in [6.07, 6.45) is 0. The molecule has 0 radical (unpaired) electrons. The minimum absolute atomic E-state index is 0.0817. The quantitative estimate of drug-likeness (QED) is 0.204. The van der Waals surface area contributed by atoms with E-state index in [1.807, 2.05) is 10.8 Å². The summed E-state index contributed by atoms with van der Waals surface area (Å²) >= 11 is 3.87. The SMILES string of the molecule is CC(C)(C)c1ccc(-c2csc(NC(=O)c3ccc(C(=O)Nc4nc(-c5ccc(C(C)(C)C)cc5)cs4)s3)n2)cc1. The minimum atomic E-state index is -0.298. The number of nitrogens with one attached hydrogen (secondary N) is 2. The maximum atomic E-state index is 12.9. The summed E-state index contributed by atoms with van der Waals surface area (Å²) in [7, 11) is 0. The van der Waals surface area contributed by atoms with Crippen molar-refractivity contribution in [2.24, 2.45) is 0 Å². The maximum absolute atomic E-state index is 12.9. The van der Waals surface area contributed by atoms with E-state index in [4.69, 9.17) is 0 Å². The van der Waals surface area contributed by atoms with Crippen LogP contribution in [0.5, 0.6) is 0 Å². The van der Waals surface area contributed by atoms with Crippen LogP contribution >= 0.6 is 34.0 Å². The van der Waals surface area contributed by atoms with E-state index in [-0.39, 0.29) is 22.6 Å². The van der Waals surface area contributed by atoms with Crippen LogP contribution in [0.15, 0.2) is 71.4 Å². The lowest BCUT2D eigenvalue weighted by atomic mass is 9.86. The lowest BCUT2D eigenvalue weighted by molar-refractivity contribution is 0.102. The number of amides is 2. The molecule has 3 heterocycles. The van der Waals surface area contributed by atoms with Crippen LogP contribution in [0.3, 0.4) is 0 Å². The van der Waals surface area contributed by atoms with Crippen molar-refractivity contribution in [2.45, 2.75) is 52.4 Å². The molecule has 2 amide bonds. The van der Waals surface area contributed by atoms with Gasteiger partial charge in [-0.3, -0.25) is 20.2 Å². The summed E-state index contributed by atoms with van der Waals surface area (Å²) in [4.78, 5) is 35.8. The van der Waals surface area contributed by atoms with Crippen LogP contribution in [0, 0.1) is 0 Å². The Labute approximate surface area is 252 Å². The first kappa shape index (κ1) is 28.9. The Hall–Kier alpha value is -3.66. The van der Waals surface area contributed by atoms with Gasteiger partial charge in [0.15, 0.2) is 10.3 Å². The van der Waals surface area contributed by atoms with E-state index in [1.54, 1.807) is 12.1 Å². The molecule has 0 fully saturated rings. The Morgan fingerprint density at radius 2 is 0.951 bits per heavy atom. The number of anilines is 2. The molecule has 0 atom stereocenters. The second-order valence-electron chi connectivity index (χ2n) is 11.8. The van der Waals surface area contributed by atoms with Crippen LogP contribution in [0.25, 0.3) is 22.5 Å². The lowest BCUT2D eigenvalue weighted by Gasteiger charge is -2.18. The second kappa shape index (κ2) is 11.3. The van der Waals surface area contributed by atoms with Gasteiger partial charge in [0.25, 0.3) is 11.8 Å². The standard InChI is InChI=1S/C32H32N4O2S3/c1-31(2,3)21-11-7-19(8-12-21)23-17-39-29(33-23)35-27(37)25-15-16-26(41-25)28(38)36-30-34-24(18-40-30)20-9-13-22(14-10-20)32(4,5)6/h7-18H,1-6H3,(H,33,35,37)(H,34,36,38). The molecule has 3 aromatic heterocycles. The number of nitrogens with zero attached hydrogens (tertiary/aromatic N) is 2. The summed E-state index contributed by atoms with van der Waals surface area (Å²) in [5.41, 5.74) is 6.29. The van der Waals surface area contributed by atoms with Gasteiger partial charge in [-0.2, -0.15) is 0 Å². The molecule has 0 spiro atoms. The van der Waals surface area contributed by atoms with Crippen LogP contribution in [-0.4, -0.2) is 21.8 Å². The summed E-state index contributed by atoms with van der Waals surface area (Å²) in [5.74, 6) is -0.596. The number of rotatable bonds is 6. The van der Waals surface area contributed by atoms with Gasteiger partial charge in [-0.25, -0.2) is 9.97 Å². The maximum Gasteiger partial charge on any atom is 0.267 e.